The molecular weight excluding hydrogens is 500 g/mol. The molecule has 0 saturated carbocycles. The number of hydrogen-bond acceptors (Lipinski definition) is 7. The number of carbonyl (C=O) groups excluding carboxylic acids is 4. The predicted octanol–water partition coefficient (Wildman–Crippen LogP) is 2.47. The molecule has 1 aliphatic rings. The number of ether oxygens (including phenoxy) is 2. The van der Waals surface area contributed by atoms with Crippen molar-refractivity contribution < 1.29 is 33.8 Å². The SMILES string of the molecule is C[C@@H](CO)NC(=O)C[C@H]1CC=CC[C@@H](Cc2ccccc2)C(=O)OC[C@H](C(=O)OCc2ccccc2)NC1=O. The van der Waals surface area contributed by atoms with Gasteiger partial charge in [-0.3, -0.25) is 14.4 Å². The second kappa shape index (κ2) is 15.4. The van der Waals surface area contributed by atoms with Crippen molar-refractivity contribution in [1.29, 1.82) is 0 Å². The minimum Gasteiger partial charge on any atom is -0.463 e. The number of esters is 2. The van der Waals surface area contributed by atoms with Crippen LogP contribution in [0.3, 0.4) is 0 Å². The maximum absolute atomic E-state index is 13.2. The van der Waals surface area contributed by atoms with E-state index in [-0.39, 0.29) is 26.1 Å². The zero-order chi connectivity index (χ0) is 28.0. The maximum atomic E-state index is 13.2. The molecule has 1 aliphatic heterocycles. The maximum Gasteiger partial charge on any atom is 0.332 e. The summed E-state index contributed by atoms with van der Waals surface area (Å²) in [5.74, 6) is -3.43. The summed E-state index contributed by atoms with van der Waals surface area (Å²) in [6.45, 7) is 1.02. The number of benzene rings is 2. The van der Waals surface area contributed by atoms with E-state index in [1.807, 2.05) is 54.6 Å². The van der Waals surface area contributed by atoms with Crippen LogP contribution in [0.25, 0.3) is 0 Å². The van der Waals surface area contributed by atoms with Gasteiger partial charge >= 0.3 is 11.9 Å². The molecule has 0 fully saturated rings. The minimum absolute atomic E-state index is 0.00968. The lowest BCUT2D eigenvalue weighted by Crippen LogP contribution is -2.48. The van der Waals surface area contributed by atoms with Crippen molar-refractivity contribution in [2.45, 2.75) is 51.3 Å². The highest BCUT2D eigenvalue weighted by Crippen LogP contribution is 2.18. The minimum atomic E-state index is -1.24. The Kier molecular flexibility index (Phi) is 11.7. The lowest BCUT2D eigenvalue weighted by Gasteiger charge is -2.23. The third-order valence-corrected chi connectivity index (χ3v) is 6.37. The third-order valence-electron chi connectivity index (χ3n) is 6.37. The summed E-state index contributed by atoms with van der Waals surface area (Å²) in [5, 5.41) is 14.5. The Bertz CT molecular complexity index is 1120. The summed E-state index contributed by atoms with van der Waals surface area (Å²) < 4.78 is 10.9. The van der Waals surface area contributed by atoms with E-state index in [2.05, 4.69) is 10.6 Å². The Morgan fingerprint density at radius 3 is 2.26 bits per heavy atom. The molecule has 0 spiro atoms. The Morgan fingerprint density at radius 2 is 1.62 bits per heavy atom. The molecule has 0 unspecified atom stereocenters. The Hall–Kier alpha value is -3.98. The van der Waals surface area contributed by atoms with Gasteiger partial charge in [0.05, 0.1) is 18.4 Å². The number of rotatable bonds is 9. The van der Waals surface area contributed by atoms with Crippen LogP contribution < -0.4 is 10.6 Å². The van der Waals surface area contributed by atoms with Gasteiger partial charge in [0.1, 0.15) is 13.2 Å². The first-order valence-corrected chi connectivity index (χ1v) is 13.1. The molecule has 9 heteroatoms. The van der Waals surface area contributed by atoms with Crippen molar-refractivity contribution in [1.82, 2.24) is 10.6 Å². The van der Waals surface area contributed by atoms with Gasteiger partial charge in [-0.15, -0.1) is 0 Å². The van der Waals surface area contributed by atoms with Gasteiger partial charge in [-0.25, -0.2) is 4.79 Å². The van der Waals surface area contributed by atoms with Crippen molar-refractivity contribution in [2.24, 2.45) is 11.8 Å². The Morgan fingerprint density at radius 1 is 1.00 bits per heavy atom. The van der Waals surface area contributed by atoms with E-state index in [0.717, 1.165) is 11.1 Å². The first-order chi connectivity index (χ1) is 18.9. The van der Waals surface area contributed by atoms with Gasteiger partial charge in [0.15, 0.2) is 6.04 Å². The zero-order valence-electron chi connectivity index (χ0n) is 22.1. The molecule has 0 aromatic heterocycles. The van der Waals surface area contributed by atoms with Crippen LogP contribution in [0.2, 0.25) is 0 Å². The fourth-order valence-corrected chi connectivity index (χ4v) is 4.14. The number of aliphatic hydroxyl groups excluding tert-OH is 1. The molecule has 3 rings (SSSR count). The van der Waals surface area contributed by atoms with Crippen LogP contribution in [-0.2, 0) is 41.7 Å². The van der Waals surface area contributed by atoms with Crippen molar-refractivity contribution in [3.63, 3.8) is 0 Å². The molecule has 3 N–H and O–H groups in total. The van der Waals surface area contributed by atoms with E-state index >= 15 is 0 Å². The molecule has 2 aromatic carbocycles. The van der Waals surface area contributed by atoms with E-state index in [1.165, 1.54) is 0 Å². The third kappa shape index (κ3) is 10.0. The van der Waals surface area contributed by atoms with Crippen LogP contribution in [0.5, 0.6) is 0 Å². The smallest absolute Gasteiger partial charge is 0.332 e. The van der Waals surface area contributed by atoms with Gasteiger partial charge < -0.3 is 25.2 Å². The van der Waals surface area contributed by atoms with Crippen molar-refractivity contribution in [2.75, 3.05) is 13.2 Å². The number of cyclic esters (lactones) is 1. The average molecular weight is 537 g/mol. The second-order valence-electron chi connectivity index (χ2n) is 9.67. The molecule has 2 aromatic rings. The van der Waals surface area contributed by atoms with Crippen molar-refractivity contribution >= 4 is 23.8 Å². The number of allylic oxidation sites excluding steroid dienone is 2. The van der Waals surface area contributed by atoms with Crippen LogP contribution >= 0.6 is 0 Å². The molecule has 0 radical (unpaired) electrons. The number of hydrogen-bond donors (Lipinski definition) is 3. The predicted molar refractivity (Wildman–Crippen MR) is 144 cm³/mol. The van der Waals surface area contributed by atoms with Gasteiger partial charge in [-0.05, 0) is 37.3 Å². The Balaban J connectivity index is 1.78. The van der Waals surface area contributed by atoms with Crippen molar-refractivity contribution in [3.05, 3.63) is 83.9 Å². The average Bonchev–Trinajstić information content (AvgIpc) is 2.94. The molecule has 2 amide bonds. The number of amides is 2. The first-order valence-electron chi connectivity index (χ1n) is 13.1. The van der Waals surface area contributed by atoms with Gasteiger partial charge in [0.2, 0.25) is 11.8 Å². The molecule has 0 bridgehead atoms. The van der Waals surface area contributed by atoms with Crippen LogP contribution in [-0.4, -0.2) is 54.2 Å². The summed E-state index contributed by atoms with van der Waals surface area (Å²) >= 11 is 0. The van der Waals surface area contributed by atoms with E-state index < -0.39 is 54.3 Å². The van der Waals surface area contributed by atoms with Gasteiger partial charge in [0, 0.05) is 12.5 Å². The highest BCUT2D eigenvalue weighted by atomic mass is 16.6. The monoisotopic (exact) mass is 536 g/mol. The largest absolute Gasteiger partial charge is 0.463 e. The standard InChI is InChI=1S/C30H36N2O7/c1-21(18-33)31-27(34)17-24-14-8-9-15-25(16-22-10-4-2-5-11-22)29(36)39-20-26(32-28(24)35)30(37)38-19-23-12-6-3-7-13-23/h2-13,21,24-26,33H,14-20H2,1H3,(H,31,34)(H,32,35)/t21-,24+,25-,26+/m0/s1. The van der Waals surface area contributed by atoms with Crippen LogP contribution in [0, 0.1) is 11.8 Å². The Labute approximate surface area is 228 Å². The molecule has 9 nitrogen and oxygen atoms in total. The molecule has 0 saturated heterocycles. The lowest BCUT2D eigenvalue weighted by molar-refractivity contribution is -0.157. The highest BCUT2D eigenvalue weighted by Gasteiger charge is 2.31. The van der Waals surface area contributed by atoms with Crippen LogP contribution in [0.15, 0.2) is 72.8 Å². The molecule has 4 atom stereocenters. The molecular formula is C30H36N2O7. The summed E-state index contributed by atoms with van der Waals surface area (Å²) in [6, 6.07) is 16.9. The number of nitrogens with one attached hydrogen (secondary N) is 2. The summed E-state index contributed by atoms with van der Waals surface area (Å²) in [6.07, 6.45) is 4.49. The van der Waals surface area contributed by atoms with E-state index in [4.69, 9.17) is 9.47 Å². The molecule has 0 aliphatic carbocycles. The fraction of sp³-hybridized carbons (Fsp3) is 0.400. The van der Waals surface area contributed by atoms with E-state index in [0.29, 0.717) is 12.8 Å². The van der Waals surface area contributed by atoms with Gasteiger partial charge in [0.25, 0.3) is 0 Å². The first kappa shape index (κ1) is 29.6. The molecule has 39 heavy (non-hydrogen) atoms. The summed E-state index contributed by atoms with van der Waals surface area (Å²) in [5.41, 5.74) is 1.74. The van der Waals surface area contributed by atoms with Crippen LogP contribution in [0.4, 0.5) is 0 Å². The zero-order valence-corrected chi connectivity index (χ0v) is 22.1. The lowest BCUT2D eigenvalue weighted by atomic mass is 9.94. The van der Waals surface area contributed by atoms with E-state index in [9.17, 15) is 24.3 Å². The molecule has 208 valence electrons. The number of carbonyl (C=O) groups is 4. The fourth-order valence-electron chi connectivity index (χ4n) is 4.14. The highest BCUT2D eigenvalue weighted by molar-refractivity contribution is 5.89. The second-order valence-corrected chi connectivity index (χ2v) is 9.67. The van der Waals surface area contributed by atoms with Crippen LogP contribution in [0.1, 0.15) is 37.3 Å². The van der Waals surface area contributed by atoms with Gasteiger partial charge in [-0.1, -0.05) is 72.8 Å². The quantitative estimate of drug-likeness (QED) is 0.331. The van der Waals surface area contributed by atoms with E-state index in [1.54, 1.807) is 25.1 Å². The topological polar surface area (TPSA) is 131 Å². The summed E-state index contributed by atoms with van der Waals surface area (Å²) in [7, 11) is 0. The van der Waals surface area contributed by atoms with Gasteiger partial charge in [-0.2, -0.15) is 0 Å². The molecule has 1 heterocycles. The number of aliphatic hydroxyl groups is 1. The summed E-state index contributed by atoms with van der Waals surface area (Å²) in [4.78, 5) is 51.6. The van der Waals surface area contributed by atoms with Crippen molar-refractivity contribution in [3.8, 4) is 0 Å². The normalized spacial score (nSPS) is 20.9.